The Kier molecular flexibility index (Phi) is 1.87. The maximum Gasteiger partial charge on any atom is 0.263 e. The van der Waals surface area contributed by atoms with Crippen LogP contribution in [0.2, 0.25) is 0 Å². The van der Waals surface area contributed by atoms with Crippen molar-refractivity contribution in [2.75, 3.05) is 11.4 Å². The first-order chi connectivity index (χ1) is 8.74. The molecule has 2 aliphatic rings. The van der Waals surface area contributed by atoms with Crippen molar-refractivity contribution < 1.29 is 0 Å². The van der Waals surface area contributed by atoms with Gasteiger partial charge in [-0.25, -0.2) is 0 Å². The lowest BCUT2D eigenvalue weighted by molar-refractivity contribution is 0.550. The number of rotatable bonds is 1. The Hall–Kier alpha value is -1.85. The first-order valence-electron chi connectivity index (χ1n) is 6.43. The lowest BCUT2D eigenvalue weighted by atomic mass is 10.1. The summed E-state index contributed by atoms with van der Waals surface area (Å²) in [6, 6.07) is 0.590. The number of aryl methyl sites for hydroxylation is 1. The van der Waals surface area contributed by atoms with E-state index in [1.54, 1.807) is 10.9 Å². The highest BCUT2D eigenvalue weighted by atomic mass is 16.1. The lowest BCUT2D eigenvalue weighted by Gasteiger charge is -2.26. The van der Waals surface area contributed by atoms with Gasteiger partial charge >= 0.3 is 0 Å². The van der Waals surface area contributed by atoms with Crippen LogP contribution in [0.25, 0.3) is 11.0 Å². The standard InChI is InChI=1S/C12H15N5O/c1-16-10-8(6-13-16)11(18)15-12(14-10)17-4-2-3-7-5-9(7)17/h6-7,9H,2-5H2,1H3,(H,14,15,18). The fourth-order valence-corrected chi connectivity index (χ4v) is 3.03. The molecule has 3 heterocycles. The van der Waals surface area contributed by atoms with Gasteiger partial charge in [0.2, 0.25) is 5.95 Å². The van der Waals surface area contributed by atoms with Crippen molar-refractivity contribution in [1.82, 2.24) is 19.7 Å². The van der Waals surface area contributed by atoms with Gasteiger partial charge in [-0.2, -0.15) is 10.1 Å². The van der Waals surface area contributed by atoms with E-state index in [0.29, 0.717) is 23.0 Å². The van der Waals surface area contributed by atoms with Crippen molar-refractivity contribution in [3.05, 3.63) is 16.6 Å². The molecular formula is C12H15N5O. The Balaban J connectivity index is 1.85. The predicted octanol–water partition coefficient (Wildman–Crippen LogP) is 0.645. The second kappa shape index (κ2) is 3.34. The van der Waals surface area contributed by atoms with E-state index in [2.05, 4.69) is 20.0 Å². The monoisotopic (exact) mass is 245 g/mol. The van der Waals surface area contributed by atoms with Gasteiger partial charge in [0.15, 0.2) is 5.65 Å². The molecule has 0 aromatic carbocycles. The number of piperidine rings is 1. The molecule has 1 saturated heterocycles. The van der Waals surface area contributed by atoms with Crippen molar-refractivity contribution in [3.8, 4) is 0 Å². The number of hydrogen-bond acceptors (Lipinski definition) is 4. The van der Waals surface area contributed by atoms with Crippen LogP contribution in [0.15, 0.2) is 11.0 Å². The number of anilines is 1. The molecule has 0 radical (unpaired) electrons. The third kappa shape index (κ3) is 1.31. The van der Waals surface area contributed by atoms with Crippen molar-refractivity contribution >= 4 is 17.0 Å². The van der Waals surface area contributed by atoms with Crippen LogP contribution in [-0.4, -0.2) is 32.3 Å². The largest absolute Gasteiger partial charge is 0.339 e. The Labute approximate surface area is 104 Å². The molecule has 6 heteroatoms. The van der Waals surface area contributed by atoms with E-state index in [4.69, 9.17) is 0 Å². The van der Waals surface area contributed by atoms with Gasteiger partial charge in [-0.05, 0) is 25.2 Å². The number of aromatic nitrogens is 4. The zero-order chi connectivity index (χ0) is 12.3. The number of H-pyrrole nitrogens is 1. The van der Waals surface area contributed by atoms with Crippen LogP contribution in [0.1, 0.15) is 19.3 Å². The number of aromatic amines is 1. The molecule has 2 unspecified atom stereocenters. The molecule has 0 spiro atoms. The van der Waals surface area contributed by atoms with Gasteiger partial charge in [0, 0.05) is 19.6 Å². The second-order valence-corrected chi connectivity index (χ2v) is 5.29. The van der Waals surface area contributed by atoms with E-state index in [-0.39, 0.29) is 5.56 Å². The van der Waals surface area contributed by atoms with Crippen LogP contribution in [0.5, 0.6) is 0 Å². The van der Waals surface area contributed by atoms with E-state index < -0.39 is 0 Å². The molecule has 0 amide bonds. The zero-order valence-corrected chi connectivity index (χ0v) is 10.3. The Bertz CT molecular complexity index is 673. The molecule has 2 aromatic rings. The Morgan fingerprint density at radius 1 is 1.50 bits per heavy atom. The average Bonchev–Trinajstić information content (AvgIpc) is 3.07. The fraction of sp³-hybridized carbons (Fsp3) is 0.583. The third-order valence-electron chi connectivity index (χ3n) is 4.12. The van der Waals surface area contributed by atoms with Crippen LogP contribution in [0.3, 0.4) is 0 Å². The summed E-state index contributed by atoms with van der Waals surface area (Å²) in [5, 5.41) is 4.65. The smallest absolute Gasteiger partial charge is 0.263 e. The van der Waals surface area contributed by atoms with Crippen molar-refractivity contribution in [2.24, 2.45) is 13.0 Å². The van der Waals surface area contributed by atoms with E-state index in [9.17, 15) is 4.79 Å². The average molecular weight is 245 g/mol. The minimum atomic E-state index is -0.0918. The highest BCUT2D eigenvalue weighted by Crippen LogP contribution is 2.44. The van der Waals surface area contributed by atoms with Gasteiger partial charge in [-0.15, -0.1) is 0 Å². The molecule has 2 aromatic heterocycles. The molecule has 1 aliphatic heterocycles. The number of nitrogens with zero attached hydrogens (tertiary/aromatic N) is 4. The Morgan fingerprint density at radius 3 is 3.28 bits per heavy atom. The predicted molar refractivity (Wildman–Crippen MR) is 67.6 cm³/mol. The van der Waals surface area contributed by atoms with E-state index in [1.807, 2.05) is 7.05 Å². The molecule has 1 saturated carbocycles. The van der Waals surface area contributed by atoms with E-state index >= 15 is 0 Å². The maximum absolute atomic E-state index is 12.0. The number of fused-ring (bicyclic) bond motifs is 2. The first-order valence-corrected chi connectivity index (χ1v) is 6.43. The number of nitrogens with one attached hydrogen (secondary N) is 1. The van der Waals surface area contributed by atoms with Crippen molar-refractivity contribution in [1.29, 1.82) is 0 Å². The maximum atomic E-state index is 12.0. The molecule has 94 valence electrons. The van der Waals surface area contributed by atoms with Gasteiger partial charge in [-0.1, -0.05) is 0 Å². The molecule has 18 heavy (non-hydrogen) atoms. The second-order valence-electron chi connectivity index (χ2n) is 5.29. The van der Waals surface area contributed by atoms with Crippen LogP contribution < -0.4 is 10.5 Å². The third-order valence-corrected chi connectivity index (χ3v) is 4.12. The summed E-state index contributed by atoms with van der Waals surface area (Å²) in [5.74, 6) is 1.52. The topological polar surface area (TPSA) is 66.8 Å². The highest BCUT2D eigenvalue weighted by molar-refractivity contribution is 5.74. The van der Waals surface area contributed by atoms with Crippen molar-refractivity contribution in [2.45, 2.75) is 25.3 Å². The van der Waals surface area contributed by atoms with Gasteiger partial charge in [0.1, 0.15) is 5.39 Å². The SMILES string of the molecule is Cn1ncc2c(=O)[nH]c(N3CCCC4CC43)nc21. The van der Waals surface area contributed by atoms with E-state index in [0.717, 1.165) is 12.5 Å². The van der Waals surface area contributed by atoms with Crippen LogP contribution in [-0.2, 0) is 7.05 Å². The minimum Gasteiger partial charge on any atom is -0.339 e. The summed E-state index contributed by atoms with van der Waals surface area (Å²) in [6.07, 6.45) is 5.32. The first kappa shape index (κ1) is 10.1. The van der Waals surface area contributed by atoms with E-state index in [1.165, 1.54) is 19.3 Å². The van der Waals surface area contributed by atoms with Gasteiger partial charge in [-0.3, -0.25) is 14.5 Å². The normalized spacial score (nSPS) is 26.4. The molecule has 6 nitrogen and oxygen atoms in total. The summed E-state index contributed by atoms with van der Waals surface area (Å²) < 4.78 is 1.66. The molecule has 2 fully saturated rings. The molecule has 1 N–H and O–H groups in total. The number of hydrogen-bond donors (Lipinski definition) is 1. The van der Waals surface area contributed by atoms with Crippen molar-refractivity contribution in [3.63, 3.8) is 0 Å². The molecule has 2 atom stereocenters. The highest BCUT2D eigenvalue weighted by Gasteiger charge is 2.45. The molecule has 4 rings (SSSR count). The molecular weight excluding hydrogens is 230 g/mol. The van der Waals surface area contributed by atoms with Crippen LogP contribution >= 0.6 is 0 Å². The van der Waals surface area contributed by atoms with Gasteiger partial charge in [0.25, 0.3) is 5.56 Å². The molecule has 1 aliphatic carbocycles. The van der Waals surface area contributed by atoms with Crippen LogP contribution in [0.4, 0.5) is 5.95 Å². The summed E-state index contributed by atoms with van der Waals surface area (Å²) in [4.78, 5) is 21.7. The quantitative estimate of drug-likeness (QED) is 0.801. The fourth-order valence-electron chi connectivity index (χ4n) is 3.03. The van der Waals surface area contributed by atoms with Gasteiger partial charge < -0.3 is 4.90 Å². The summed E-state index contributed by atoms with van der Waals surface area (Å²) in [7, 11) is 1.81. The summed E-state index contributed by atoms with van der Waals surface area (Å²) in [6.45, 7) is 0.994. The zero-order valence-electron chi connectivity index (χ0n) is 10.3. The minimum absolute atomic E-state index is 0.0918. The molecule has 0 bridgehead atoms. The Morgan fingerprint density at radius 2 is 2.39 bits per heavy atom. The summed E-state index contributed by atoms with van der Waals surface area (Å²) in [5.41, 5.74) is 0.572. The summed E-state index contributed by atoms with van der Waals surface area (Å²) >= 11 is 0. The lowest BCUT2D eigenvalue weighted by Crippen LogP contribution is -2.34. The van der Waals surface area contributed by atoms with Gasteiger partial charge in [0.05, 0.1) is 6.20 Å². The van der Waals surface area contributed by atoms with Crippen LogP contribution in [0, 0.1) is 5.92 Å².